The number of carbonyl (C=O) groups is 2. The fraction of sp³-hybridized carbons (Fsp3) is 0.722. The number of amides is 2. The molecule has 2 aliphatic rings. The molecule has 3 heterocycles. The number of nitrogens with zero attached hydrogens (tertiary/aromatic N) is 2. The molecule has 2 fully saturated rings. The Balaban J connectivity index is 0.00000243. The van der Waals surface area contributed by atoms with Crippen LogP contribution in [-0.4, -0.2) is 54.1 Å². The zero-order chi connectivity index (χ0) is 17.8. The maximum atomic E-state index is 12.6. The molecular weight excluding hydrogens is 356 g/mol. The predicted molar refractivity (Wildman–Crippen MR) is 100 cm³/mol. The molecule has 2 unspecified atom stereocenters. The topological polar surface area (TPSA) is 87.5 Å². The number of piperidine rings is 1. The van der Waals surface area contributed by atoms with E-state index in [1.165, 1.54) is 0 Å². The lowest BCUT2D eigenvalue weighted by molar-refractivity contribution is -0.132. The molecule has 2 aliphatic heterocycles. The van der Waals surface area contributed by atoms with Crippen molar-refractivity contribution in [1.29, 1.82) is 0 Å². The third-order valence-corrected chi connectivity index (χ3v) is 5.32. The Morgan fingerprint density at radius 3 is 2.77 bits per heavy atom. The van der Waals surface area contributed by atoms with Gasteiger partial charge in [-0.3, -0.25) is 9.59 Å². The highest BCUT2D eigenvalue weighted by Crippen LogP contribution is 2.19. The third kappa shape index (κ3) is 4.98. The minimum Gasteiger partial charge on any atom is -0.361 e. The molecule has 3 rings (SSSR count). The van der Waals surface area contributed by atoms with Crippen molar-refractivity contribution in [2.75, 3.05) is 26.2 Å². The fourth-order valence-electron chi connectivity index (χ4n) is 3.75. The number of nitrogens with one attached hydrogen (secondary N) is 2. The summed E-state index contributed by atoms with van der Waals surface area (Å²) in [7, 11) is 0. The van der Waals surface area contributed by atoms with Crippen LogP contribution in [0, 0.1) is 19.8 Å². The summed E-state index contributed by atoms with van der Waals surface area (Å²) in [6.07, 6.45) is 4.35. The summed E-state index contributed by atoms with van der Waals surface area (Å²) < 4.78 is 5.14. The molecule has 0 spiro atoms. The molecule has 1 aromatic heterocycles. The predicted octanol–water partition coefficient (Wildman–Crippen LogP) is 1.36. The Morgan fingerprint density at radius 1 is 1.31 bits per heavy atom. The Labute approximate surface area is 160 Å². The number of likely N-dealkylation sites (tertiary alicyclic amines) is 1. The summed E-state index contributed by atoms with van der Waals surface area (Å²) in [4.78, 5) is 26.7. The van der Waals surface area contributed by atoms with Crippen LogP contribution in [0.25, 0.3) is 0 Å². The average Bonchev–Trinajstić information content (AvgIpc) is 3.26. The number of hydrogen-bond acceptors (Lipinski definition) is 5. The van der Waals surface area contributed by atoms with E-state index in [0.29, 0.717) is 25.4 Å². The van der Waals surface area contributed by atoms with E-state index in [9.17, 15) is 9.59 Å². The van der Waals surface area contributed by atoms with E-state index in [2.05, 4.69) is 15.8 Å². The number of rotatable bonds is 5. The molecular formula is C18H29ClN4O3. The highest BCUT2D eigenvalue weighted by molar-refractivity contribution is 5.85. The van der Waals surface area contributed by atoms with Crippen LogP contribution in [0.15, 0.2) is 4.52 Å². The van der Waals surface area contributed by atoms with Crippen LogP contribution < -0.4 is 10.6 Å². The standard InChI is InChI=1S/C18H28N4O3.ClH/c1-12-15(13(2)25-21-12)9-17(23)22-8-4-5-14(11-22)10-20-18(24)16-6-3-7-19-16;/h14,16,19H,3-11H2,1-2H3,(H,20,24);1H. The van der Waals surface area contributed by atoms with Crippen molar-refractivity contribution in [3.8, 4) is 0 Å². The molecule has 2 amide bonds. The highest BCUT2D eigenvalue weighted by atomic mass is 35.5. The molecule has 0 bridgehead atoms. The smallest absolute Gasteiger partial charge is 0.237 e. The Kier molecular flexibility index (Phi) is 7.46. The van der Waals surface area contributed by atoms with Gasteiger partial charge in [-0.1, -0.05) is 5.16 Å². The van der Waals surface area contributed by atoms with Gasteiger partial charge < -0.3 is 20.1 Å². The summed E-state index contributed by atoms with van der Waals surface area (Å²) in [5, 5.41) is 10.2. The van der Waals surface area contributed by atoms with E-state index < -0.39 is 0 Å². The first-order chi connectivity index (χ1) is 12.0. The minimum absolute atomic E-state index is 0. The monoisotopic (exact) mass is 384 g/mol. The van der Waals surface area contributed by atoms with Crippen LogP contribution in [0.3, 0.4) is 0 Å². The van der Waals surface area contributed by atoms with Crippen molar-refractivity contribution in [3.05, 3.63) is 17.0 Å². The third-order valence-electron chi connectivity index (χ3n) is 5.32. The highest BCUT2D eigenvalue weighted by Gasteiger charge is 2.27. The van der Waals surface area contributed by atoms with Crippen LogP contribution in [0.5, 0.6) is 0 Å². The van der Waals surface area contributed by atoms with E-state index in [4.69, 9.17) is 4.52 Å². The zero-order valence-corrected chi connectivity index (χ0v) is 16.4. The molecule has 0 aliphatic carbocycles. The number of hydrogen-bond donors (Lipinski definition) is 2. The second kappa shape index (κ2) is 9.37. The summed E-state index contributed by atoms with van der Waals surface area (Å²) >= 11 is 0. The second-order valence-electron chi connectivity index (χ2n) is 7.22. The van der Waals surface area contributed by atoms with Crippen LogP contribution >= 0.6 is 12.4 Å². The summed E-state index contributed by atoms with van der Waals surface area (Å²) in [5.74, 6) is 1.25. The lowest BCUT2D eigenvalue weighted by atomic mass is 9.97. The van der Waals surface area contributed by atoms with Gasteiger partial charge in [0.1, 0.15) is 5.76 Å². The van der Waals surface area contributed by atoms with E-state index >= 15 is 0 Å². The van der Waals surface area contributed by atoms with Crippen molar-refractivity contribution in [1.82, 2.24) is 20.7 Å². The molecule has 8 heteroatoms. The molecule has 2 atom stereocenters. The molecule has 7 nitrogen and oxygen atoms in total. The summed E-state index contributed by atoms with van der Waals surface area (Å²) in [6.45, 7) is 6.77. The molecule has 2 saturated heterocycles. The zero-order valence-electron chi connectivity index (χ0n) is 15.5. The van der Waals surface area contributed by atoms with Gasteiger partial charge in [0.05, 0.1) is 18.2 Å². The SMILES string of the molecule is Cc1noc(C)c1CC(=O)N1CCCC(CNC(=O)C2CCCN2)C1.Cl. The first kappa shape index (κ1) is 20.7. The van der Waals surface area contributed by atoms with E-state index in [0.717, 1.165) is 55.8 Å². The average molecular weight is 385 g/mol. The van der Waals surface area contributed by atoms with Crippen molar-refractivity contribution >= 4 is 24.2 Å². The molecule has 146 valence electrons. The molecule has 2 N–H and O–H groups in total. The van der Waals surface area contributed by atoms with Gasteiger partial charge >= 0.3 is 0 Å². The molecule has 0 radical (unpaired) electrons. The van der Waals surface area contributed by atoms with Gasteiger partial charge in [0, 0.05) is 25.2 Å². The summed E-state index contributed by atoms with van der Waals surface area (Å²) in [6, 6.07) is -0.0409. The number of aryl methyl sites for hydroxylation is 2. The number of carbonyl (C=O) groups excluding carboxylic acids is 2. The molecule has 0 aromatic carbocycles. The Hall–Kier alpha value is -1.60. The lowest BCUT2D eigenvalue weighted by Crippen LogP contribution is -2.47. The minimum atomic E-state index is -0.0409. The van der Waals surface area contributed by atoms with Gasteiger partial charge in [-0.15, -0.1) is 12.4 Å². The first-order valence-electron chi connectivity index (χ1n) is 9.25. The van der Waals surface area contributed by atoms with Crippen LogP contribution in [0.4, 0.5) is 0 Å². The number of aromatic nitrogens is 1. The van der Waals surface area contributed by atoms with Crippen LogP contribution in [-0.2, 0) is 16.0 Å². The van der Waals surface area contributed by atoms with Gasteiger partial charge in [0.15, 0.2) is 0 Å². The van der Waals surface area contributed by atoms with Gasteiger partial charge in [0.25, 0.3) is 0 Å². The van der Waals surface area contributed by atoms with E-state index in [1.807, 2.05) is 18.7 Å². The van der Waals surface area contributed by atoms with E-state index in [-0.39, 0.29) is 30.3 Å². The molecule has 1 aromatic rings. The van der Waals surface area contributed by atoms with E-state index in [1.54, 1.807) is 0 Å². The molecule has 0 saturated carbocycles. The maximum absolute atomic E-state index is 12.6. The van der Waals surface area contributed by atoms with Crippen LogP contribution in [0.1, 0.15) is 42.7 Å². The Bertz CT molecular complexity index is 608. The fourth-order valence-corrected chi connectivity index (χ4v) is 3.75. The maximum Gasteiger partial charge on any atom is 0.237 e. The first-order valence-corrected chi connectivity index (χ1v) is 9.25. The van der Waals surface area contributed by atoms with Gasteiger partial charge in [-0.25, -0.2) is 0 Å². The van der Waals surface area contributed by atoms with Gasteiger partial charge in [0.2, 0.25) is 11.8 Å². The normalized spacial score (nSPS) is 22.8. The van der Waals surface area contributed by atoms with Gasteiger partial charge in [-0.2, -0.15) is 0 Å². The van der Waals surface area contributed by atoms with Crippen molar-refractivity contribution in [3.63, 3.8) is 0 Å². The van der Waals surface area contributed by atoms with Gasteiger partial charge in [-0.05, 0) is 52.0 Å². The molecule has 26 heavy (non-hydrogen) atoms. The number of halogens is 1. The van der Waals surface area contributed by atoms with Crippen LogP contribution in [0.2, 0.25) is 0 Å². The summed E-state index contributed by atoms with van der Waals surface area (Å²) in [5.41, 5.74) is 1.68. The quantitative estimate of drug-likeness (QED) is 0.800. The second-order valence-corrected chi connectivity index (χ2v) is 7.22. The largest absolute Gasteiger partial charge is 0.361 e. The Morgan fingerprint density at radius 2 is 2.12 bits per heavy atom. The van der Waals surface area contributed by atoms with Crippen molar-refractivity contribution in [2.24, 2.45) is 5.92 Å². The van der Waals surface area contributed by atoms with Crippen molar-refractivity contribution in [2.45, 2.75) is 52.0 Å². The lowest BCUT2D eigenvalue weighted by Gasteiger charge is -2.33. The van der Waals surface area contributed by atoms with Crippen molar-refractivity contribution < 1.29 is 14.1 Å².